The van der Waals surface area contributed by atoms with Crippen LogP contribution in [0.25, 0.3) is 0 Å². The molecule has 0 aliphatic carbocycles. The smallest absolute Gasteiger partial charge is 0.348 e. The van der Waals surface area contributed by atoms with Crippen molar-refractivity contribution in [3.8, 4) is 0 Å². The highest BCUT2D eigenvalue weighted by atomic mass is 28.3. The Morgan fingerprint density at radius 3 is 1.50 bits per heavy atom. The number of unbranched alkanes of at least 4 members (excludes halogenated alkanes) is 2. The predicted octanol–water partition coefficient (Wildman–Crippen LogP) is 7.35. The minimum absolute atomic E-state index is 0.305. The Kier molecular flexibility index (Phi) is 16.9. The summed E-state index contributed by atoms with van der Waals surface area (Å²) in [6.07, 6.45) is 15.5. The molecular weight excluding hydrogens is 336 g/mol. The molecule has 0 heterocycles. The van der Waals surface area contributed by atoms with E-state index < -0.39 is 9.28 Å². The van der Waals surface area contributed by atoms with E-state index in [1.807, 2.05) is 0 Å². The zero-order chi connectivity index (χ0) is 19.8. The van der Waals surface area contributed by atoms with E-state index in [0.29, 0.717) is 12.2 Å². The van der Waals surface area contributed by atoms with Gasteiger partial charge in [-0.3, -0.25) is 0 Å². The van der Waals surface area contributed by atoms with E-state index in [4.69, 9.17) is 8.85 Å². The minimum Gasteiger partial charge on any atom is -0.391 e. The van der Waals surface area contributed by atoms with Crippen LogP contribution < -0.4 is 0 Å². The largest absolute Gasteiger partial charge is 0.391 e. The van der Waals surface area contributed by atoms with Gasteiger partial charge in [-0.05, 0) is 51.1 Å². The molecule has 0 fully saturated rings. The molecule has 4 atom stereocenters. The van der Waals surface area contributed by atoms with Crippen molar-refractivity contribution in [1.29, 1.82) is 0 Å². The Bertz CT molecular complexity index is 306. The van der Waals surface area contributed by atoms with Crippen LogP contribution in [0.2, 0.25) is 0 Å². The van der Waals surface area contributed by atoms with E-state index >= 15 is 0 Å². The fraction of sp³-hybridized carbons (Fsp3) is 0.913. The molecule has 0 aliphatic rings. The monoisotopic (exact) mass is 384 g/mol. The lowest BCUT2D eigenvalue weighted by Gasteiger charge is -2.27. The molecule has 0 aromatic rings. The normalized spacial score (nSPS) is 18.0. The van der Waals surface area contributed by atoms with Gasteiger partial charge in [-0.15, -0.1) is 0 Å². The van der Waals surface area contributed by atoms with Crippen LogP contribution in [0.3, 0.4) is 0 Å². The molecule has 3 heteroatoms. The van der Waals surface area contributed by atoms with Crippen molar-refractivity contribution in [3.05, 3.63) is 11.8 Å². The van der Waals surface area contributed by atoms with Crippen LogP contribution in [0.1, 0.15) is 113 Å². The first-order valence-electron chi connectivity index (χ1n) is 11.4. The van der Waals surface area contributed by atoms with Gasteiger partial charge >= 0.3 is 9.28 Å². The van der Waals surface area contributed by atoms with E-state index in [9.17, 15) is 0 Å². The number of hydrogen-bond donors (Lipinski definition) is 0. The Morgan fingerprint density at radius 1 is 0.769 bits per heavy atom. The molecule has 0 radical (unpaired) electrons. The van der Waals surface area contributed by atoms with Gasteiger partial charge in [0, 0.05) is 12.2 Å². The lowest BCUT2D eigenvalue weighted by molar-refractivity contribution is 0.0941. The van der Waals surface area contributed by atoms with Crippen molar-refractivity contribution in [3.63, 3.8) is 0 Å². The molecule has 0 N–H and O–H groups in total. The summed E-state index contributed by atoms with van der Waals surface area (Å²) >= 11 is 0. The zero-order valence-electron chi connectivity index (χ0n) is 18.9. The van der Waals surface area contributed by atoms with Crippen molar-refractivity contribution < 1.29 is 8.85 Å². The summed E-state index contributed by atoms with van der Waals surface area (Å²) in [6, 6.07) is 0. The Balaban J connectivity index is 4.48. The first kappa shape index (κ1) is 25.9. The summed E-state index contributed by atoms with van der Waals surface area (Å²) in [7, 11) is -1.72. The van der Waals surface area contributed by atoms with Crippen molar-refractivity contribution in [2.24, 2.45) is 11.8 Å². The second-order valence-electron chi connectivity index (χ2n) is 8.09. The van der Waals surface area contributed by atoms with Crippen LogP contribution in [0.5, 0.6) is 0 Å². The van der Waals surface area contributed by atoms with Crippen LogP contribution in [0, 0.1) is 11.8 Å². The topological polar surface area (TPSA) is 18.5 Å². The highest BCUT2D eigenvalue weighted by molar-refractivity contribution is 6.50. The van der Waals surface area contributed by atoms with Crippen LogP contribution >= 0.6 is 0 Å². The molecule has 0 aromatic carbocycles. The Labute approximate surface area is 167 Å². The second kappa shape index (κ2) is 17.0. The zero-order valence-corrected chi connectivity index (χ0v) is 20.1. The minimum atomic E-state index is -1.72. The molecule has 4 unspecified atom stereocenters. The molecule has 156 valence electrons. The molecular formula is C23H48O2Si. The third kappa shape index (κ3) is 13.1. The number of hydrogen-bond acceptors (Lipinski definition) is 2. The first-order chi connectivity index (χ1) is 12.5. The molecule has 0 amide bonds. The fourth-order valence-electron chi connectivity index (χ4n) is 3.75. The highest BCUT2D eigenvalue weighted by Gasteiger charge is 2.21. The number of rotatable bonds is 17. The van der Waals surface area contributed by atoms with Crippen molar-refractivity contribution in [1.82, 2.24) is 0 Å². The summed E-state index contributed by atoms with van der Waals surface area (Å²) in [5.41, 5.74) is 2.20. The van der Waals surface area contributed by atoms with E-state index in [0.717, 1.165) is 11.8 Å². The van der Waals surface area contributed by atoms with Gasteiger partial charge in [-0.25, -0.2) is 0 Å². The van der Waals surface area contributed by atoms with Gasteiger partial charge in [0.25, 0.3) is 0 Å². The van der Waals surface area contributed by atoms with Gasteiger partial charge in [-0.2, -0.15) is 0 Å². The third-order valence-corrected chi connectivity index (χ3v) is 7.66. The molecule has 26 heavy (non-hydrogen) atoms. The van der Waals surface area contributed by atoms with Gasteiger partial charge in [0.2, 0.25) is 0 Å². The van der Waals surface area contributed by atoms with Crippen molar-refractivity contribution in [2.45, 2.75) is 125 Å². The maximum Gasteiger partial charge on any atom is 0.348 e. The van der Waals surface area contributed by atoms with Crippen molar-refractivity contribution >= 4 is 9.28 Å². The van der Waals surface area contributed by atoms with E-state index in [1.165, 1.54) is 64.2 Å². The lowest BCUT2D eigenvalue weighted by atomic mass is 9.94. The SMILES string of the molecule is CC=C[SiH](OC(C)CC(CC)CCCC)OC(C)CC(CC)CCCC. The summed E-state index contributed by atoms with van der Waals surface area (Å²) < 4.78 is 12.8. The van der Waals surface area contributed by atoms with Gasteiger partial charge in [-0.1, -0.05) is 85.1 Å². The van der Waals surface area contributed by atoms with E-state index in [1.54, 1.807) is 0 Å². The first-order valence-corrected chi connectivity index (χ1v) is 13.0. The Morgan fingerprint density at radius 2 is 1.19 bits per heavy atom. The lowest BCUT2D eigenvalue weighted by Crippen LogP contribution is -2.31. The van der Waals surface area contributed by atoms with Crippen LogP contribution in [-0.4, -0.2) is 21.5 Å². The fourth-order valence-corrected chi connectivity index (χ4v) is 5.45. The van der Waals surface area contributed by atoms with Crippen LogP contribution in [0.4, 0.5) is 0 Å². The molecule has 2 nitrogen and oxygen atoms in total. The summed E-state index contributed by atoms with van der Waals surface area (Å²) in [5, 5.41) is 0. The van der Waals surface area contributed by atoms with Crippen molar-refractivity contribution in [2.75, 3.05) is 0 Å². The maximum atomic E-state index is 6.40. The van der Waals surface area contributed by atoms with Gasteiger partial charge < -0.3 is 8.85 Å². The summed E-state index contributed by atoms with van der Waals surface area (Å²) in [6.45, 7) is 15.7. The molecule has 0 bridgehead atoms. The molecule has 0 aromatic heterocycles. The van der Waals surface area contributed by atoms with Crippen LogP contribution in [-0.2, 0) is 8.85 Å². The molecule has 0 rings (SSSR count). The number of allylic oxidation sites excluding steroid dienone is 1. The standard InChI is InChI=1S/C23H48O2Si/c1-8-13-15-22(11-4)18-20(6)24-26(17-10-3)25-21(7)19-23(12-5)16-14-9-2/h10,17,20-23,26H,8-9,11-16,18-19H2,1-7H3. The third-order valence-electron chi connectivity index (χ3n) is 5.50. The predicted molar refractivity (Wildman–Crippen MR) is 119 cm³/mol. The maximum absolute atomic E-state index is 6.40. The average molecular weight is 385 g/mol. The highest BCUT2D eigenvalue weighted by Crippen LogP contribution is 2.22. The van der Waals surface area contributed by atoms with E-state index in [-0.39, 0.29) is 0 Å². The summed E-state index contributed by atoms with van der Waals surface area (Å²) in [5.74, 6) is 1.59. The van der Waals surface area contributed by atoms with Crippen LogP contribution in [0.15, 0.2) is 11.8 Å². The van der Waals surface area contributed by atoms with Gasteiger partial charge in [0.05, 0.1) is 0 Å². The van der Waals surface area contributed by atoms with E-state index in [2.05, 4.69) is 60.2 Å². The second-order valence-corrected chi connectivity index (χ2v) is 9.76. The molecule has 0 saturated carbocycles. The summed E-state index contributed by atoms with van der Waals surface area (Å²) in [4.78, 5) is 0. The van der Waals surface area contributed by atoms with Gasteiger partial charge in [0.1, 0.15) is 0 Å². The average Bonchev–Trinajstić information content (AvgIpc) is 2.62. The van der Waals surface area contributed by atoms with Gasteiger partial charge in [0.15, 0.2) is 0 Å². The molecule has 0 saturated heterocycles. The Hall–Kier alpha value is -0.123. The molecule has 0 aliphatic heterocycles. The molecule has 0 spiro atoms. The quantitative estimate of drug-likeness (QED) is 0.244.